The summed E-state index contributed by atoms with van der Waals surface area (Å²) >= 11 is 0. The van der Waals surface area contributed by atoms with Gasteiger partial charge in [0.2, 0.25) is 17.7 Å². The Morgan fingerprint density at radius 1 is 1.14 bits per heavy atom. The lowest BCUT2D eigenvalue weighted by Crippen LogP contribution is -2.57. The molecule has 4 atom stereocenters. The molecular formula is C22H32N4O3. The molecule has 2 aliphatic heterocycles. The minimum Gasteiger partial charge on any atom is -0.350 e. The minimum absolute atomic E-state index is 0.0644. The summed E-state index contributed by atoms with van der Waals surface area (Å²) in [5.74, 6) is -0.573. The summed E-state index contributed by atoms with van der Waals surface area (Å²) in [5, 5.41) is 5.80. The number of carbonyl (C=O) groups excluding carboxylic acids is 3. The van der Waals surface area contributed by atoms with Gasteiger partial charge >= 0.3 is 0 Å². The first-order chi connectivity index (χ1) is 14.0. The number of fused-ring (bicyclic) bond motifs is 1. The lowest BCUT2D eigenvalue weighted by atomic mass is 9.98. The van der Waals surface area contributed by atoms with Crippen LogP contribution < -0.4 is 16.4 Å². The van der Waals surface area contributed by atoms with Crippen LogP contribution in [0.3, 0.4) is 0 Å². The van der Waals surface area contributed by atoms with E-state index in [1.807, 2.05) is 37.3 Å². The van der Waals surface area contributed by atoms with Crippen molar-refractivity contribution in [2.45, 2.75) is 82.6 Å². The van der Waals surface area contributed by atoms with E-state index >= 15 is 0 Å². The predicted octanol–water partition coefficient (Wildman–Crippen LogP) is 1.46. The molecule has 0 bridgehead atoms. The third-order valence-electron chi connectivity index (χ3n) is 6.04. The lowest BCUT2D eigenvalue weighted by molar-refractivity contribution is -0.144. The Morgan fingerprint density at radius 3 is 2.59 bits per heavy atom. The van der Waals surface area contributed by atoms with E-state index in [0.717, 1.165) is 31.2 Å². The zero-order chi connectivity index (χ0) is 20.8. The number of hydrogen-bond acceptors (Lipinski definition) is 4. The molecule has 1 aromatic carbocycles. The van der Waals surface area contributed by atoms with Crippen LogP contribution in [0.15, 0.2) is 30.3 Å². The summed E-state index contributed by atoms with van der Waals surface area (Å²) < 4.78 is 0. The maximum atomic E-state index is 13.3. The summed E-state index contributed by atoms with van der Waals surface area (Å²) in [6.07, 6.45) is 5.36. The van der Waals surface area contributed by atoms with Gasteiger partial charge in [0.1, 0.15) is 12.1 Å². The van der Waals surface area contributed by atoms with Gasteiger partial charge in [-0.05, 0) is 37.7 Å². The number of amides is 3. The molecule has 3 rings (SSSR count). The summed E-state index contributed by atoms with van der Waals surface area (Å²) in [7, 11) is 0. The van der Waals surface area contributed by atoms with Crippen LogP contribution in [0.1, 0.15) is 57.4 Å². The molecule has 0 saturated carbocycles. The summed E-state index contributed by atoms with van der Waals surface area (Å²) in [6, 6.07) is 8.08. The molecule has 3 amide bonds. The van der Waals surface area contributed by atoms with E-state index < -0.39 is 18.1 Å². The van der Waals surface area contributed by atoms with Gasteiger partial charge in [-0.3, -0.25) is 14.4 Å². The Morgan fingerprint density at radius 2 is 1.86 bits per heavy atom. The Hall–Kier alpha value is -2.41. The highest BCUT2D eigenvalue weighted by molar-refractivity contribution is 5.93. The van der Waals surface area contributed by atoms with Crippen LogP contribution in [0.2, 0.25) is 0 Å². The Kier molecular flexibility index (Phi) is 7.25. The second-order valence-electron chi connectivity index (χ2n) is 8.06. The predicted molar refractivity (Wildman–Crippen MR) is 111 cm³/mol. The highest BCUT2D eigenvalue weighted by Crippen LogP contribution is 2.31. The van der Waals surface area contributed by atoms with Gasteiger partial charge < -0.3 is 21.3 Å². The van der Waals surface area contributed by atoms with Crippen LogP contribution in [-0.4, -0.2) is 46.8 Å². The smallest absolute Gasteiger partial charge is 0.246 e. The zero-order valence-electron chi connectivity index (χ0n) is 17.1. The van der Waals surface area contributed by atoms with E-state index in [1.54, 1.807) is 4.90 Å². The van der Waals surface area contributed by atoms with Crippen molar-refractivity contribution in [3.63, 3.8) is 0 Å². The number of nitrogens with zero attached hydrogens (tertiary/aromatic N) is 1. The third kappa shape index (κ3) is 5.15. The van der Waals surface area contributed by atoms with Gasteiger partial charge in [-0.2, -0.15) is 0 Å². The number of nitrogens with two attached hydrogens (primary N) is 1. The SMILES string of the molecule is CC[C@H](N)C(=O)N[C@H]1CCCC[C@H]2CC[C@@H](C(=O)NCc3ccccc3)N2C1=O. The van der Waals surface area contributed by atoms with Crippen LogP contribution in [0.5, 0.6) is 0 Å². The van der Waals surface area contributed by atoms with Gasteiger partial charge in [0.05, 0.1) is 6.04 Å². The standard InChI is InChI=1S/C22H32N4O3/c1-2-17(23)20(27)25-18-11-7-6-10-16-12-13-19(26(16)22(18)29)21(28)24-14-15-8-4-3-5-9-15/h3-5,8-9,16-19H,2,6-7,10-14,23H2,1H3,(H,24,28)(H,25,27)/t16-,17-,18-,19-/m0/s1. The molecular weight excluding hydrogens is 368 g/mol. The lowest BCUT2D eigenvalue weighted by Gasteiger charge is -2.35. The van der Waals surface area contributed by atoms with E-state index in [4.69, 9.17) is 5.73 Å². The molecule has 0 spiro atoms. The number of benzene rings is 1. The maximum absolute atomic E-state index is 13.3. The van der Waals surface area contributed by atoms with Crippen molar-refractivity contribution in [3.05, 3.63) is 35.9 Å². The van der Waals surface area contributed by atoms with Gasteiger partial charge in [-0.15, -0.1) is 0 Å². The molecule has 2 saturated heterocycles. The van der Waals surface area contributed by atoms with E-state index in [0.29, 0.717) is 25.8 Å². The van der Waals surface area contributed by atoms with Crippen LogP contribution in [0.25, 0.3) is 0 Å². The van der Waals surface area contributed by atoms with Crippen LogP contribution in [0, 0.1) is 0 Å². The first kappa shape index (κ1) is 21.3. The average Bonchev–Trinajstić information content (AvgIpc) is 3.16. The van der Waals surface area contributed by atoms with Crippen molar-refractivity contribution in [3.8, 4) is 0 Å². The van der Waals surface area contributed by atoms with Crippen molar-refractivity contribution < 1.29 is 14.4 Å². The molecule has 0 unspecified atom stereocenters. The van der Waals surface area contributed by atoms with Gasteiger partial charge in [0, 0.05) is 12.6 Å². The van der Waals surface area contributed by atoms with Crippen LogP contribution in [0.4, 0.5) is 0 Å². The fourth-order valence-corrected chi connectivity index (χ4v) is 4.29. The molecule has 2 heterocycles. The first-order valence-electron chi connectivity index (χ1n) is 10.7. The molecule has 7 nitrogen and oxygen atoms in total. The number of hydrogen-bond donors (Lipinski definition) is 3. The highest BCUT2D eigenvalue weighted by Gasteiger charge is 2.43. The molecule has 0 aliphatic carbocycles. The monoisotopic (exact) mass is 400 g/mol. The van der Waals surface area contributed by atoms with Crippen molar-refractivity contribution in [2.24, 2.45) is 5.73 Å². The molecule has 4 N–H and O–H groups in total. The molecule has 2 fully saturated rings. The molecule has 29 heavy (non-hydrogen) atoms. The van der Waals surface area contributed by atoms with Crippen LogP contribution in [-0.2, 0) is 20.9 Å². The normalized spacial score (nSPS) is 25.5. The van der Waals surface area contributed by atoms with E-state index in [1.165, 1.54) is 0 Å². The van der Waals surface area contributed by atoms with Gasteiger partial charge in [0.25, 0.3) is 0 Å². The van der Waals surface area contributed by atoms with Gasteiger partial charge in [-0.1, -0.05) is 50.1 Å². The molecule has 1 aromatic rings. The summed E-state index contributed by atoms with van der Waals surface area (Å²) in [4.78, 5) is 40.2. The van der Waals surface area contributed by atoms with E-state index in [9.17, 15) is 14.4 Å². The maximum Gasteiger partial charge on any atom is 0.246 e. The fourth-order valence-electron chi connectivity index (χ4n) is 4.29. The minimum atomic E-state index is -0.618. The van der Waals surface area contributed by atoms with E-state index in [-0.39, 0.29) is 23.8 Å². The largest absolute Gasteiger partial charge is 0.350 e. The second-order valence-corrected chi connectivity index (χ2v) is 8.06. The fraction of sp³-hybridized carbons (Fsp3) is 0.591. The first-order valence-corrected chi connectivity index (χ1v) is 10.7. The Bertz CT molecular complexity index is 724. The molecule has 0 radical (unpaired) electrons. The highest BCUT2D eigenvalue weighted by atomic mass is 16.2. The molecule has 158 valence electrons. The topological polar surface area (TPSA) is 105 Å². The average molecular weight is 401 g/mol. The van der Waals surface area contributed by atoms with E-state index in [2.05, 4.69) is 10.6 Å². The number of rotatable bonds is 6. The van der Waals surface area contributed by atoms with Crippen LogP contribution >= 0.6 is 0 Å². The number of carbonyl (C=O) groups is 3. The van der Waals surface area contributed by atoms with Crippen molar-refractivity contribution in [1.29, 1.82) is 0 Å². The Balaban J connectivity index is 1.69. The van der Waals surface area contributed by atoms with Gasteiger partial charge in [0.15, 0.2) is 0 Å². The summed E-state index contributed by atoms with van der Waals surface area (Å²) in [5.41, 5.74) is 6.85. The third-order valence-corrected chi connectivity index (χ3v) is 6.04. The Labute approximate surface area is 172 Å². The molecule has 0 aromatic heterocycles. The molecule has 7 heteroatoms. The zero-order valence-corrected chi connectivity index (χ0v) is 17.1. The van der Waals surface area contributed by atoms with Crippen molar-refractivity contribution in [1.82, 2.24) is 15.5 Å². The quantitative estimate of drug-likeness (QED) is 0.672. The number of nitrogens with one attached hydrogen (secondary N) is 2. The molecule has 2 aliphatic rings. The summed E-state index contributed by atoms with van der Waals surface area (Å²) in [6.45, 7) is 2.28. The van der Waals surface area contributed by atoms with Gasteiger partial charge in [-0.25, -0.2) is 0 Å². The van der Waals surface area contributed by atoms with Crippen molar-refractivity contribution >= 4 is 17.7 Å². The van der Waals surface area contributed by atoms with Crippen molar-refractivity contribution in [2.75, 3.05) is 0 Å². The second kappa shape index (κ2) is 9.87.